The number of benzene rings is 1. The zero-order valence-electron chi connectivity index (χ0n) is 15.4. The summed E-state index contributed by atoms with van der Waals surface area (Å²) in [6.07, 6.45) is 7.84. The molecule has 2 amide bonds. The van der Waals surface area contributed by atoms with Crippen LogP contribution in [0.3, 0.4) is 0 Å². The molecule has 0 saturated heterocycles. The second kappa shape index (κ2) is 6.93. The van der Waals surface area contributed by atoms with Crippen molar-refractivity contribution in [1.29, 1.82) is 0 Å². The summed E-state index contributed by atoms with van der Waals surface area (Å²) < 4.78 is 5.14. The third-order valence-electron chi connectivity index (χ3n) is 6.48. The molecule has 5 nitrogen and oxygen atoms in total. The molecule has 0 atom stereocenters. The van der Waals surface area contributed by atoms with Gasteiger partial charge in [-0.3, -0.25) is 9.59 Å². The maximum Gasteiger partial charge on any atom is 0.309 e. The second-order valence-electron chi connectivity index (χ2n) is 8.51. The summed E-state index contributed by atoms with van der Waals surface area (Å²) >= 11 is 0. The fourth-order valence-electron chi connectivity index (χ4n) is 5.75. The fourth-order valence-corrected chi connectivity index (χ4v) is 5.75. The Morgan fingerprint density at radius 2 is 1.58 bits per heavy atom. The molecular formula is C21H28N2O3. The van der Waals surface area contributed by atoms with Gasteiger partial charge in [0.15, 0.2) is 0 Å². The van der Waals surface area contributed by atoms with E-state index >= 15 is 0 Å². The Morgan fingerprint density at radius 1 is 1.00 bits per heavy atom. The number of carbonyl (C=O) groups is 2. The van der Waals surface area contributed by atoms with Crippen molar-refractivity contribution in [2.24, 2.45) is 17.8 Å². The summed E-state index contributed by atoms with van der Waals surface area (Å²) in [5, 5.41) is 5.88. The van der Waals surface area contributed by atoms with Crippen LogP contribution in [0.25, 0.3) is 0 Å². The highest BCUT2D eigenvalue weighted by molar-refractivity contribution is 6.35. The Labute approximate surface area is 154 Å². The first kappa shape index (κ1) is 17.4. The predicted octanol–water partition coefficient (Wildman–Crippen LogP) is 2.44. The second-order valence-corrected chi connectivity index (χ2v) is 8.51. The van der Waals surface area contributed by atoms with E-state index < -0.39 is 11.8 Å². The Morgan fingerprint density at radius 3 is 2.12 bits per heavy atom. The maximum absolute atomic E-state index is 12.4. The first-order valence-corrected chi connectivity index (χ1v) is 9.78. The van der Waals surface area contributed by atoms with E-state index in [4.69, 9.17) is 4.74 Å². The number of amides is 2. The monoisotopic (exact) mass is 356 g/mol. The van der Waals surface area contributed by atoms with Gasteiger partial charge in [0.2, 0.25) is 0 Å². The van der Waals surface area contributed by atoms with Crippen molar-refractivity contribution in [1.82, 2.24) is 10.6 Å². The zero-order chi connectivity index (χ0) is 18.1. The van der Waals surface area contributed by atoms with Crippen LogP contribution in [-0.4, -0.2) is 31.0 Å². The summed E-state index contributed by atoms with van der Waals surface area (Å²) in [4.78, 5) is 24.6. The third-order valence-corrected chi connectivity index (χ3v) is 6.48. The van der Waals surface area contributed by atoms with Crippen molar-refractivity contribution in [2.75, 3.05) is 13.7 Å². The van der Waals surface area contributed by atoms with Gasteiger partial charge >= 0.3 is 11.8 Å². The van der Waals surface area contributed by atoms with E-state index in [0.29, 0.717) is 13.0 Å². The molecule has 4 bridgehead atoms. The van der Waals surface area contributed by atoms with Crippen molar-refractivity contribution in [3.05, 3.63) is 29.8 Å². The van der Waals surface area contributed by atoms with Crippen LogP contribution in [0.1, 0.15) is 44.1 Å². The van der Waals surface area contributed by atoms with Gasteiger partial charge in [0.1, 0.15) is 5.75 Å². The van der Waals surface area contributed by atoms with Crippen LogP contribution in [0.15, 0.2) is 24.3 Å². The lowest BCUT2D eigenvalue weighted by Crippen LogP contribution is -2.61. The maximum atomic E-state index is 12.4. The average Bonchev–Trinajstić information content (AvgIpc) is 2.60. The zero-order valence-corrected chi connectivity index (χ0v) is 15.4. The molecule has 4 saturated carbocycles. The molecule has 26 heavy (non-hydrogen) atoms. The Kier molecular flexibility index (Phi) is 4.63. The molecule has 5 heteroatoms. The molecule has 1 aromatic carbocycles. The summed E-state index contributed by atoms with van der Waals surface area (Å²) in [5.41, 5.74) is 0.992. The van der Waals surface area contributed by atoms with E-state index in [1.807, 2.05) is 24.3 Å². The molecule has 5 rings (SSSR count). The Hall–Kier alpha value is -2.04. The molecule has 0 radical (unpaired) electrons. The van der Waals surface area contributed by atoms with Gasteiger partial charge in [-0.1, -0.05) is 12.1 Å². The molecule has 4 aliphatic rings. The minimum absolute atomic E-state index is 0.112. The average molecular weight is 356 g/mol. The van der Waals surface area contributed by atoms with Gasteiger partial charge in [0, 0.05) is 12.1 Å². The van der Waals surface area contributed by atoms with Crippen LogP contribution in [0, 0.1) is 17.8 Å². The molecule has 2 N–H and O–H groups in total. The summed E-state index contributed by atoms with van der Waals surface area (Å²) in [6.45, 7) is 0.458. The minimum Gasteiger partial charge on any atom is -0.497 e. The van der Waals surface area contributed by atoms with Gasteiger partial charge < -0.3 is 15.4 Å². The Bertz CT molecular complexity index is 648. The number of hydrogen-bond acceptors (Lipinski definition) is 3. The minimum atomic E-state index is -0.505. The normalized spacial score (nSPS) is 31.5. The molecule has 140 valence electrons. The third kappa shape index (κ3) is 3.57. The molecule has 0 aliphatic heterocycles. The number of ether oxygens (including phenoxy) is 1. The van der Waals surface area contributed by atoms with E-state index in [9.17, 15) is 9.59 Å². The van der Waals surface area contributed by atoms with E-state index in [0.717, 1.165) is 48.3 Å². The molecule has 1 aromatic rings. The quantitative estimate of drug-likeness (QED) is 0.797. The number of rotatable bonds is 5. The van der Waals surface area contributed by atoms with Crippen LogP contribution in [0.4, 0.5) is 0 Å². The molecular weight excluding hydrogens is 328 g/mol. The van der Waals surface area contributed by atoms with Crippen molar-refractivity contribution in [3.8, 4) is 5.75 Å². The molecule has 0 aromatic heterocycles. The SMILES string of the molecule is COc1ccc(CCNC(=O)C(=O)NC23CC4CC(CC(C4)C2)C3)cc1. The van der Waals surface area contributed by atoms with Crippen LogP contribution < -0.4 is 15.4 Å². The largest absolute Gasteiger partial charge is 0.497 e. The highest BCUT2D eigenvalue weighted by atomic mass is 16.5. The lowest BCUT2D eigenvalue weighted by molar-refractivity contribution is -0.142. The topological polar surface area (TPSA) is 67.4 Å². The predicted molar refractivity (Wildman–Crippen MR) is 98.8 cm³/mol. The van der Waals surface area contributed by atoms with Crippen LogP contribution in [0.2, 0.25) is 0 Å². The molecule has 4 aliphatic carbocycles. The lowest BCUT2D eigenvalue weighted by Gasteiger charge is -2.56. The molecule has 0 heterocycles. The highest BCUT2D eigenvalue weighted by Gasteiger charge is 2.51. The molecule has 4 fully saturated rings. The van der Waals surface area contributed by atoms with Gasteiger partial charge in [-0.2, -0.15) is 0 Å². The number of nitrogens with one attached hydrogen (secondary N) is 2. The van der Waals surface area contributed by atoms with Gasteiger partial charge in [-0.05, 0) is 80.4 Å². The highest BCUT2D eigenvalue weighted by Crippen LogP contribution is 2.55. The van der Waals surface area contributed by atoms with E-state index in [-0.39, 0.29) is 5.54 Å². The first-order chi connectivity index (χ1) is 12.5. The van der Waals surface area contributed by atoms with Gasteiger partial charge in [0.25, 0.3) is 0 Å². The number of carbonyl (C=O) groups excluding carboxylic acids is 2. The van der Waals surface area contributed by atoms with E-state index in [1.165, 1.54) is 19.3 Å². The smallest absolute Gasteiger partial charge is 0.309 e. The van der Waals surface area contributed by atoms with Crippen LogP contribution in [0.5, 0.6) is 5.75 Å². The molecule has 0 spiro atoms. The Balaban J connectivity index is 1.26. The summed E-state index contributed by atoms with van der Waals surface area (Å²) in [7, 11) is 1.64. The van der Waals surface area contributed by atoms with E-state index in [1.54, 1.807) is 7.11 Å². The van der Waals surface area contributed by atoms with Gasteiger partial charge in [-0.25, -0.2) is 0 Å². The van der Waals surface area contributed by atoms with E-state index in [2.05, 4.69) is 10.6 Å². The van der Waals surface area contributed by atoms with Crippen molar-refractivity contribution < 1.29 is 14.3 Å². The first-order valence-electron chi connectivity index (χ1n) is 9.78. The van der Waals surface area contributed by atoms with Crippen molar-refractivity contribution >= 4 is 11.8 Å². The fraction of sp³-hybridized carbons (Fsp3) is 0.619. The molecule has 0 unspecified atom stereocenters. The van der Waals surface area contributed by atoms with Gasteiger partial charge in [0.05, 0.1) is 7.11 Å². The van der Waals surface area contributed by atoms with Gasteiger partial charge in [-0.15, -0.1) is 0 Å². The lowest BCUT2D eigenvalue weighted by atomic mass is 9.53. The summed E-state index contributed by atoms with van der Waals surface area (Å²) in [6, 6.07) is 7.74. The van der Waals surface area contributed by atoms with Crippen LogP contribution in [-0.2, 0) is 16.0 Å². The van der Waals surface area contributed by atoms with Crippen molar-refractivity contribution in [2.45, 2.75) is 50.5 Å². The van der Waals surface area contributed by atoms with Crippen molar-refractivity contribution in [3.63, 3.8) is 0 Å². The summed E-state index contributed by atoms with van der Waals surface area (Å²) in [5.74, 6) is 2.10. The number of methoxy groups -OCH3 is 1. The number of hydrogen-bond donors (Lipinski definition) is 2. The van der Waals surface area contributed by atoms with Crippen LogP contribution >= 0.6 is 0 Å². The standard InChI is InChI=1S/C21H28N2O3/c1-26-18-4-2-14(3-5-18)6-7-22-19(24)20(25)23-21-11-15-8-16(12-21)10-17(9-15)13-21/h2-5,15-17H,6-13H2,1H3,(H,22,24)(H,23,25).